The number of aliphatic imine (C=N–C) groups is 1. The molecule has 0 amide bonds. The van der Waals surface area contributed by atoms with Crippen molar-refractivity contribution in [1.82, 2.24) is 10.6 Å². The van der Waals surface area contributed by atoms with E-state index < -0.39 is 27.2 Å². The van der Waals surface area contributed by atoms with Gasteiger partial charge in [-0.1, -0.05) is 37.5 Å². The van der Waals surface area contributed by atoms with Gasteiger partial charge < -0.3 is 10.6 Å². The van der Waals surface area contributed by atoms with Crippen LogP contribution in [0, 0.1) is 0 Å². The molecule has 0 atom stereocenters. The van der Waals surface area contributed by atoms with Crippen molar-refractivity contribution < 1.29 is 21.6 Å². The second kappa shape index (κ2) is 9.80. The number of nitrogens with zero attached hydrogens (tertiary/aromatic N) is 1. The summed E-state index contributed by atoms with van der Waals surface area (Å²) in [7, 11) is -3.60. The zero-order valence-electron chi connectivity index (χ0n) is 16.6. The summed E-state index contributed by atoms with van der Waals surface area (Å²) in [6.45, 7) is 2.86. The molecule has 1 aliphatic carbocycles. The second-order valence-corrected chi connectivity index (χ2v) is 9.14. The van der Waals surface area contributed by atoms with Crippen LogP contribution in [0.4, 0.5) is 13.2 Å². The maximum absolute atomic E-state index is 13.2. The summed E-state index contributed by atoms with van der Waals surface area (Å²) < 4.78 is 61.8. The van der Waals surface area contributed by atoms with E-state index in [1.165, 1.54) is 12.1 Å². The Bertz CT molecular complexity index is 804. The molecule has 0 saturated heterocycles. The van der Waals surface area contributed by atoms with E-state index in [1.807, 2.05) is 6.92 Å². The van der Waals surface area contributed by atoms with Gasteiger partial charge in [-0.15, -0.1) is 0 Å². The molecule has 10 heteroatoms. The SMILES string of the molecule is CCNC(=NCC1(c2cccc(C(F)(F)F)c2)CCCCC1)NCCS(N)(=O)=O. The van der Waals surface area contributed by atoms with Crippen LogP contribution in [0.5, 0.6) is 0 Å². The first-order valence-corrected chi connectivity index (χ1v) is 11.5. The van der Waals surface area contributed by atoms with Crippen molar-refractivity contribution in [2.45, 2.75) is 50.6 Å². The van der Waals surface area contributed by atoms with E-state index >= 15 is 0 Å². The van der Waals surface area contributed by atoms with Crippen molar-refractivity contribution >= 4 is 16.0 Å². The van der Waals surface area contributed by atoms with Crippen LogP contribution in [0.1, 0.15) is 50.2 Å². The quantitative estimate of drug-likeness (QED) is 0.454. The molecule has 164 valence electrons. The zero-order valence-corrected chi connectivity index (χ0v) is 17.4. The third kappa shape index (κ3) is 7.18. The van der Waals surface area contributed by atoms with E-state index in [4.69, 9.17) is 5.14 Å². The van der Waals surface area contributed by atoms with Gasteiger partial charge in [0.1, 0.15) is 0 Å². The van der Waals surface area contributed by atoms with Gasteiger partial charge in [0.25, 0.3) is 0 Å². The highest BCUT2D eigenvalue weighted by molar-refractivity contribution is 7.89. The molecule has 6 nitrogen and oxygen atoms in total. The smallest absolute Gasteiger partial charge is 0.357 e. The van der Waals surface area contributed by atoms with Gasteiger partial charge in [-0.3, -0.25) is 4.99 Å². The first-order valence-electron chi connectivity index (χ1n) is 9.76. The Morgan fingerprint density at radius 1 is 1.21 bits per heavy atom. The summed E-state index contributed by atoms with van der Waals surface area (Å²) in [5.41, 5.74) is -0.472. The standard InChI is InChI=1S/C19H29F3N4O2S/c1-2-24-17(25-11-12-29(23,27)28)26-14-18(9-4-3-5-10-18)15-7-6-8-16(13-15)19(20,21)22/h6-8,13H,2-5,9-12,14H2,1H3,(H2,23,27,28)(H2,24,25,26). The number of halogens is 3. The highest BCUT2D eigenvalue weighted by Gasteiger charge is 2.37. The van der Waals surface area contributed by atoms with E-state index in [2.05, 4.69) is 15.6 Å². The molecule has 29 heavy (non-hydrogen) atoms. The molecule has 1 saturated carbocycles. The van der Waals surface area contributed by atoms with Crippen LogP contribution in [0.15, 0.2) is 29.3 Å². The topological polar surface area (TPSA) is 96.6 Å². The molecule has 1 aliphatic rings. The van der Waals surface area contributed by atoms with E-state index in [0.29, 0.717) is 24.6 Å². The van der Waals surface area contributed by atoms with E-state index in [0.717, 1.165) is 38.2 Å². The number of hydrogen-bond acceptors (Lipinski definition) is 3. The average molecular weight is 435 g/mol. The summed E-state index contributed by atoms with van der Waals surface area (Å²) in [5, 5.41) is 11.0. The highest BCUT2D eigenvalue weighted by atomic mass is 32.2. The molecular weight excluding hydrogens is 405 g/mol. The Morgan fingerprint density at radius 3 is 2.48 bits per heavy atom. The van der Waals surface area contributed by atoms with Crippen LogP contribution in [-0.4, -0.2) is 39.8 Å². The Balaban J connectivity index is 2.25. The van der Waals surface area contributed by atoms with Crippen molar-refractivity contribution in [3.8, 4) is 0 Å². The molecule has 1 fully saturated rings. The lowest BCUT2D eigenvalue weighted by atomic mass is 9.69. The molecule has 0 spiro atoms. The van der Waals surface area contributed by atoms with Gasteiger partial charge in [0.15, 0.2) is 5.96 Å². The predicted octanol–water partition coefficient (Wildman–Crippen LogP) is 2.75. The van der Waals surface area contributed by atoms with Gasteiger partial charge in [0, 0.05) is 18.5 Å². The Morgan fingerprint density at radius 2 is 1.90 bits per heavy atom. The third-order valence-electron chi connectivity index (χ3n) is 5.18. The number of benzene rings is 1. The number of nitrogens with two attached hydrogens (primary N) is 1. The van der Waals surface area contributed by atoms with Gasteiger partial charge in [-0.25, -0.2) is 13.6 Å². The fourth-order valence-electron chi connectivity index (χ4n) is 3.68. The molecule has 0 aliphatic heterocycles. The molecule has 1 aromatic carbocycles. The number of primary sulfonamides is 1. The summed E-state index contributed by atoms with van der Waals surface area (Å²) in [5.74, 6) is 0.184. The Hall–Kier alpha value is -1.81. The number of guanidine groups is 1. The van der Waals surface area contributed by atoms with Crippen molar-refractivity contribution in [1.29, 1.82) is 0 Å². The van der Waals surface area contributed by atoms with Gasteiger partial charge in [-0.2, -0.15) is 13.2 Å². The highest BCUT2D eigenvalue weighted by Crippen LogP contribution is 2.41. The van der Waals surface area contributed by atoms with Gasteiger partial charge >= 0.3 is 6.18 Å². The summed E-state index contributed by atoms with van der Waals surface area (Å²) >= 11 is 0. The van der Waals surface area contributed by atoms with Crippen LogP contribution in [0.2, 0.25) is 0 Å². The predicted molar refractivity (Wildman–Crippen MR) is 108 cm³/mol. The minimum absolute atomic E-state index is 0.0984. The van der Waals surface area contributed by atoms with Crippen LogP contribution in [-0.2, 0) is 21.6 Å². The summed E-state index contributed by atoms with van der Waals surface area (Å²) in [4.78, 5) is 4.57. The van der Waals surface area contributed by atoms with Crippen LogP contribution < -0.4 is 15.8 Å². The maximum atomic E-state index is 13.2. The normalized spacial score (nSPS) is 17.8. The molecule has 1 aromatic rings. The van der Waals surface area contributed by atoms with Crippen LogP contribution >= 0.6 is 0 Å². The van der Waals surface area contributed by atoms with Gasteiger partial charge in [0.05, 0.1) is 17.9 Å². The van der Waals surface area contributed by atoms with Crippen LogP contribution in [0.3, 0.4) is 0 Å². The molecule has 0 radical (unpaired) electrons. The first kappa shape index (κ1) is 23.5. The lowest BCUT2D eigenvalue weighted by molar-refractivity contribution is -0.137. The third-order valence-corrected chi connectivity index (χ3v) is 5.95. The molecule has 0 aromatic heterocycles. The van der Waals surface area contributed by atoms with Crippen molar-refractivity contribution in [2.75, 3.05) is 25.4 Å². The van der Waals surface area contributed by atoms with E-state index in [-0.39, 0.29) is 12.3 Å². The first-order chi connectivity index (χ1) is 13.6. The molecular formula is C19H29F3N4O2S. The lowest BCUT2D eigenvalue weighted by Crippen LogP contribution is -2.42. The number of sulfonamides is 1. The molecule has 4 N–H and O–H groups in total. The lowest BCUT2D eigenvalue weighted by Gasteiger charge is -2.37. The fourth-order valence-corrected chi connectivity index (χ4v) is 4.06. The zero-order chi connectivity index (χ0) is 21.5. The summed E-state index contributed by atoms with van der Waals surface area (Å²) in [6.07, 6.45) is 0.0432. The van der Waals surface area contributed by atoms with E-state index in [9.17, 15) is 21.6 Å². The van der Waals surface area contributed by atoms with Crippen molar-refractivity contribution in [2.24, 2.45) is 10.1 Å². The van der Waals surface area contributed by atoms with Crippen molar-refractivity contribution in [3.05, 3.63) is 35.4 Å². The van der Waals surface area contributed by atoms with E-state index in [1.54, 1.807) is 6.07 Å². The molecule has 0 unspecified atom stereocenters. The largest absolute Gasteiger partial charge is 0.416 e. The number of rotatable bonds is 7. The summed E-state index contributed by atoms with van der Waals surface area (Å²) in [6, 6.07) is 5.52. The van der Waals surface area contributed by atoms with Crippen LogP contribution in [0.25, 0.3) is 0 Å². The Kier molecular flexibility index (Phi) is 7.93. The fraction of sp³-hybridized carbons (Fsp3) is 0.632. The monoisotopic (exact) mass is 434 g/mol. The molecule has 0 heterocycles. The van der Waals surface area contributed by atoms with Gasteiger partial charge in [0.2, 0.25) is 10.0 Å². The number of alkyl halides is 3. The number of nitrogens with one attached hydrogen (secondary N) is 2. The number of hydrogen-bond donors (Lipinski definition) is 3. The second-order valence-electron chi connectivity index (χ2n) is 7.41. The average Bonchev–Trinajstić information content (AvgIpc) is 2.65. The maximum Gasteiger partial charge on any atom is 0.416 e. The van der Waals surface area contributed by atoms with Crippen molar-refractivity contribution in [3.63, 3.8) is 0 Å². The van der Waals surface area contributed by atoms with Gasteiger partial charge in [-0.05, 0) is 31.4 Å². The Labute approximate surface area is 170 Å². The minimum Gasteiger partial charge on any atom is -0.357 e. The molecule has 2 rings (SSSR count). The molecule has 0 bridgehead atoms. The minimum atomic E-state index is -4.39.